The monoisotopic (exact) mass is 363 g/mol. The fraction of sp³-hybridized carbons (Fsp3) is 0.0769. The molecule has 13 heteroatoms. The zero-order valence-electron chi connectivity index (χ0n) is 12.7. The number of anilines is 1. The van der Waals surface area contributed by atoms with Gasteiger partial charge in [-0.15, -0.1) is 0 Å². The molecule has 2 aromatic carbocycles. The van der Waals surface area contributed by atoms with Gasteiger partial charge in [-0.2, -0.15) is 0 Å². The highest BCUT2D eigenvalue weighted by Crippen LogP contribution is 2.31. The summed E-state index contributed by atoms with van der Waals surface area (Å²) >= 11 is 0. The Bertz CT molecular complexity index is 853. The molecule has 1 N–H and O–H groups in total. The third-order valence-electron chi connectivity index (χ3n) is 3.33. The summed E-state index contributed by atoms with van der Waals surface area (Å²) in [6.07, 6.45) is 0. The Labute approximate surface area is 143 Å². The maximum absolute atomic E-state index is 11.1. The summed E-state index contributed by atoms with van der Waals surface area (Å²) in [5.74, 6) is 0. The topological polar surface area (TPSA) is 185 Å². The van der Waals surface area contributed by atoms with E-state index < -0.39 is 42.4 Å². The minimum atomic E-state index is -0.834. The number of hydrogen-bond donors (Lipinski definition) is 1. The highest BCUT2D eigenvalue weighted by molar-refractivity contribution is 5.65. The Balaban J connectivity index is 2.34. The van der Waals surface area contributed by atoms with Gasteiger partial charge in [-0.1, -0.05) is 0 Å². The number of benzene rings is 2. The second kappa shape index (κ2) is 7.16. The van der Waals surface area contributed by atoms with E-state index in [1.54, 1.807) is 0 Å². The predicted octanol–water partition coefficient (Wildman–Crippen LogP) is 2.93. The first-order valence-electron chi connectivity index (χ1n) is 6.79. The first-order valence-corrected chi connectivity index (χ1v) is 6.79. The van der Waals surface area contributed by atoms with Gasteiger partial charge in [0, 0.05) is 24.2 Å². The quantitative estimate of drug-likeness (QED) is 0.570. The van der Waals surface area contributed by atoms with Crippen molar-refractivity contribution in [1.29, 1.82) is 0 Å². The Morgan fingerprint density at radius 1 is 0.692 bits per heavy atom. The highest BCUT2D eigenvalue weighted by atomic mass is 16.6. The van der Waals surface area contributed by atoms with E-state index in [0.29, 0.717) is 0 Å². The summed E-state index contributed by atoms with van der Waals surface area (Å²) in [6.45, 7) is -0.257. The molecule has 0 aliphatic heterocycles. The lowest BCUT2D eigenvalue weighted by atomic mass is 10.1. The molecule has 0 heterocycles. The third kappa shape index (κ3) is 3.84. The van der Waals surface area contributed by atoms with Crippen LogP contribution in [0.25, 0.3) is 0 Å². The van der Waals surface area contributed by atoms with E-state index in [4.69, 9.17) is 0 Å². The Morgan fingerprint density at radius 2 is 1.19 bits per heavy atom. The van der Waals surface area contributed by atoms with Gasteiger partial charge in [0.15, 0.2) is 0 Å². The maximum atomic E-state index is 11.1. The van der Waals surface area contributed by atoms with Crippen LogP contribution in [0.4, 0.5) is 28.4 Å². The zero-order chi connectivity index (χ0) is 19.4. The van der Waals surface area contributed by atoms with Crippen molar-refractivity contribution >= 4 is 28.4 Å². The van der Waals surface area contributed by atoms with E-state index in [-0.39, 0.29) is 17.8 Å². The minimum absolute atomic E-state index is 0.0493. The molecule has 0 aliphatic carbocycles. The lowest BCUT2D eigenvalue weighted by molar-refractivity contribution is -0.394. The lowest BCUT2D eigenvalue weighted by Gasteiger charge is -2.08. The summed E-state index contributed by atoms with van der Waals surface area (Å²) in [4.78, 5) is 40.3. The molecule has 0 radical (unpaired) electrons. The van der Waals surface area contributed by atoms with Gasteiger partial charge in [0.2, 0.25) is 0 Å². The van der Waals surface area contributed by atoms with Crippen molar-refractivity contribution in [3.05, 3.63) is 82.4 Å². The molecule has 0 saturated carbocycles. The number of hydrogen-bond acceptors (Lipinski definition) is 9. The summed E-state index contributed by atoms with van der Waals surface area (Å²) in [6, 6.07) is 5.90. The lowest BCUT2D eigenvalue weighted by Crippen LogP contribution is -2.06. The fourth-order valence-electron chi connectivity index (χ4n) is 2.11. The van der Waals surface area contributed by atoms with Gasteiger partial charge in [-0.05, 0) is 12.1 Å². The molecule has 0 spiro atoms. The number of rotatable bonds is 7. The van der Waals surface area contributed by atoms with Crippen LogP contribution in [0.3, 0.4) is 0 Å². The fourth-order valence-corrected chi connectivity index (χ4v) is 2.11. The molecule has 2 rings (SSSR count). The molecule has 0 bridgehead atoms. The van der Waals surface area contributed by atoms with Crippen LogP contribution in [-0.4, -0.2) is 19.7 Å². The van der Waals surface area contributed by atoms with Gasteiger partial charge in [0.25, 0.3) is 22.7 Å². The standard InChI is InChI=1S/C13H9N5O8/c19-15(20)9-2-1-8(12(5-9)17(23)24)7-14-11-4-3-10(16(21)22)6-13(11)18(25)26/h1-6,14H,7H2. The van der Waals surface area contributed by atoms with E-state index in [2.05, 4.69) is 5.32 Å². The van der Waals surface area contributed by atoms with E-state index >= 15 is 0 Å². The van der Waals surface area contributed by atoms with Gasteiger partial charge in [0.1, 0.15) is 5.69 Å². The molecular weight excluding hydrogens is 354 g/mol. The largest absolute Gasteiger partial charge is 0.375 e. The summed E-state index contributed by atoms with van der Waals surface area (Å²) < 4.78 is 0. The van der Waals surface area contributed by atoms with Crippen LogP contribution in [-0.2, 0) is 6.54 Å². The van der Waals surface area contributed by atoms with E-state index in [9.17, 15) is 40.5 Å². The number of non-ortho nitro benzene ring substituents is 2. The van der Waals surface area contributed by atoms with E-state index in [1.165, 1.54) is 0 Å². The number of nitro groups is 4. The minimum Gasteiger partial charge on any atom is -0.375 e. The SMILES string of the molecule is O=[N+]([O-])c1ccc(CNc2ccc([N+](=O)[O-])cc2[N+](=O)[O-])c([N+](=O)[O-])c1. The summed E-state index contributed by atoms with van der Waals surface area (Å²) in [5, 5.41) is 46.1. The van der Waals surface area contributed by atoms with Crippen LogP contribution >= 0.6 is 0 Å². The van der Waals surface area contributed by atoms with Crippen LogP contribution in [0.2, 0.25) is 0 Å². The normalized spacial score (nSPS) is 10.2. The maximum Gasteiger partial charge on any atom is 0.299 e. The average molecular weight is 363 g/mol. The van der Waals surface area contributed by atoms with Crippen LogP contribution in [0, 0.1) is 40.5 Å². The molecule has 134 valence electrons. The first kappa shape index (κ1) is 18.2. The van der Waals surface area contributed by atoms with E-state index in [0.717, 1.165) is 36.4 Å². The molecule has 0 atom stereocenters. The molecule has 0 amide bonds. The van der Waals surface area contributed by atoms with Crippen LogP contribution in [0.1, 0.15) is 5.56 Å². The molecule has 0 unspecified atom stereocenters. The van der Waals surface area contributed by atoms with Gasteiger partial charge < -0.3 is 5.32 Å². The van der Waals surface area contributed by atoms with Crippen molar-refractivity contribution < 1.29 is 19.7 Å². The smallest absolute Gasteiger partial charge is 0.299 e. The average Bonchev–Trinajstić information content (AvgIpc) is 2.59. The molecule has 13 nitrogen and oxygen atoms in total. The van der Waals surface area contributed by atoms with Crippen molar-refractivity contribution in [3.8, 4) is 0 Å². The van der Waals surface area contributed by atoms with Crippen molar-refractivity contribution in [1.82, 2.24) is 0 Å². The van der Waals surface area contributed by atoms with Crippen molar-refractivity contribution in [3.63, 3.8) is 0 Å². The zero-order valence-corrected chi connectivity index (χ0v) is 12.7. The van der Waals surface area contributed by atoms with Crippen LogP contribution < -0.4 is 5.32 Å². The Hall–Kier alpha value is -4.16. The number of nitrogens with one attached hydrogen (secondary N) is 1. The number of nitro benzene ring substituents is 4. The van der Waals surface area contributed by atoms with Crippen LogP contribution in [0.15, 0.2) is 36.4 Å². The first-order chi connectivity index (χ1) is 12.2. The van der Waals surface area contributed by atoms with E-state index in [1.807, 2.05) is 0 Å². The second-order valence-electron chi connectivity index (χ2n) is 4.90. The molecule has 0 saturated heterocycles. The molecule has 26 heavy (non-hydrogen) atoms. The Morgan fingerprint density at radius 3 is 1.69 bits per heavy atom. The van der Waals surface area contributed by atoms with Crippen molar-refractivity contribution in [2.75, 3.05) is 5.32 Å². The third-order valence-corrected chi connectivity index (χ3v) is 3.33. The highest BCUT2D eigenvalue weighted by Gasteiger charge is 2.22. The molecule has 0 aromatic heterocycles. The van der Waals surface area contributed by atoms with Crippen LogP contribution in [0.5, 0.6) is 0 Å². The second-order valence-corrected chi connectivity index (χ2v) is 4.90. The predicted molar refractivity (Wildman–Crippen MR) is 86.8 cm³/mol. The van der Waals surface area contributed by atoms with Gasteiger partial charge >= 0.3 is 0 Å². The van der Waals surface area contributed by atoms with Gasteiger partial charge in [-0.3, -0.25) is 40.5 Å². The van der Waals surface area contributed by atoms with Gasteiger partial charge in [-0.25, -0.2) is 0 Å². The molecule has 2 aromatic rings. The molecule has 0 fully saturated rings. The molecule has 0 aliphatic rings. The van der Waals surface area contributed by atoms with Crippen molar-refractivity contribution in [2.24, 2.45) is 0 Å². The van der Waals surface area contributed by atoms with Crippen molar-refractivity contribution in [2.45, 2.75) is 6.54 Å². The Kier molecular flexibility index (Phi) is 5.01. The summed E-state index contributed by atoms with van der Waals surface area (Å²) in [5.41, 5.74) is -2.10. The summed E-state index contributed by atoms with van der Waals surface area (Å²) in [7, 11) is 0. The van der Waals surface area contributed by atoms with Gasteiger partial charge in [0.05, 0.1) is 31.8 Å². The number of nitrogens with zero attached hydrogens (tertiary/aromatic N) is 4. The molecular formula is C13H9N5O8.